The van der Waals surface area contributed by atoms with Crippen molar-refractivity contribution >= 4 is 79.3 Å². The third kappa shape index (κ3) is 4.68. The Labute approximate surface area is 379 Å². The maximum absolute atomic E-state index is 7.34. The molecule has 0 spiro atoms. The number of para-hydroxylation sites is 4. The van der Waals surface area contributed by atoms with Gasteiger partial charge in [-0.15, -0.1) is 0 Å². The van der Waals surface area contributed by atoms with Crippen molar-refractivity contribution in [3.63, 3.8) is 0 Å². The first kappa shape index (κ1) is 37.2. The predicted octanol–water partition coefficient (Wildman–Crippen LogP) is 14.4. The molecule has 0 bridgehead atoms. The lowest BCUT2D eigenvalue weighted by molar-refractivity contribution is 0.332. The van der Waals surface area contributed by atoms with Crippen LogP contribution in [0.4, 0.5) is 28.6 Å². The summed E-state index contributed by atoms with van der Waals surface area (Å²) in [5, 5.41) is 3.41. The average Bonchev–Trinajstić information content (AvgIpc) is 3.90. The highest BCUT2D eigenvalue weighted by Crippen LogP contribution is 2.62. The topological polar surface area (TPSA) is 32.8 Å². The van der Waals surface area contributed by atoms with Gasteiger partial charge in [-0.1, -0.05) is 167 Å². The van der Waals surface area contributed by atoms with E-state index in [0.717, 1.165) is 63.0 Å². The average molecular weight is 839 g/mol. The summed E-state index contributed by atoms with van der Waals surface area (Å²) in [7, 11) is 0. The van der Waals surface area contributed by atoms with Gasteiger partial charge in [-0.3, -0.25) is 4.90 Å². The zero-order valence-electron chi connectivity index (χ0n) is 37.4. The van der Waals surface area contributed by atoms with Crippen molar-refractivity contribution in [2.24, 2.45) is 0 Å². The Bertz CT molecular complexity index is 3610. The molecule has 0 saturated heterocycles. The van der Waals surface area contributed by atoms with Crippen LogP contribution in [0.3, 0.4) is 0 Å². The smallest absolute Gasteiger partial charge is 0.337 e. The quantitative estimate of drug-likeness (QED) is 0.166. The van der Waals surface area contributed by atoms with Crippen LogP contribution >= 0.6 is 0 Å². The number of benzene rings is 8. The van der Waals surface area contributed by atoms with Crippen LogP contribution in [0.25, 0.3) is 44.0 Å². The SMILES string of the molecule is Cc1cc2c(cc1N1c3cc4oc5ccccc5c4c4c3B(c3c1oc1ccccc31)N1c3ccccc3C(c3ccccc3)(c3ccccc3)c3cccc-4c31)C(C)(C)CCC2(C)C. The molecule has 0 unspecified atom stereocenters. The zero-order valence-corrected chi connectivity index (χ0v) is 37.4. The molecule has 2 aromatic heterocycles. The summed E-state index contributed by atoms with van der Waals surface area (Å²) < 4.78 is 14.3. The zero-order chi connectivity index (χ0) is 43.6. The first-order chi connectivity index (χ1) is 31.7. The molecular formula is C60H47BN2O2. The largest absolute Gasteiger partial charge is 0.456 e. The van der Waals surface area contributed by atoms with Crippen LogP contribution in [0.1, 0.15) is 79.5 Å². The molecule has 0 radical (unpaired) electrons. The van der Waals surface area contributed by atoms with E-state index >= 15 is 0 Å². The van der Waals surface area contributed by atoms with E-state index in [1.165, 1.54) is 72.4 Å². The lowest BCUT2D eigenvalue weighted by atomic mass is 9.42. The maximum atomic E-state index is 7.34. The number of furan rings is 2. The maximum Gasteiger partial charge on any atom is 0.337 e. The summed E-state index contributed by atoms with van der Waals surface area (Å²) in [6.45, 7) is 11.7. The summed E-state index contributed by atoms with van der Waals surface area (Å²) in [4.78, 5) is 5.15. The second-order valence-electron chi connectivity index (χ2n) is 20.2. The number of anilines is 5. The van der Waals surface area contributed by atoms with Crippen LogP contribution in [0.2, 0.25) is 0 Å². The molecule has 5 heterocycles. The van der Waals surface area contributed by atoms with Gasteiger partial charge in [-0.05, 0) is 105 Å². The molecule has 3 aliphatic heterocycles. The Morgan fingerprint density at radius 2 is 1.09 bits per heavy atom. The van der Waals surface area contributed by atoms with Crippen LogP contribution in [0.15, 0.2) is 179 Å². The molecule has 4 aliphatic rings. The molecule has 0 fully saturated rings. The fourth-order valence-corrected chi connectivity index (χ4v) is 12.8. The van der Waals surface area contributed by atoms with Crippen LogP contribution in [-0.2, 0) is 16.2 Å². The number of hydrogen-bond acceptors (Lipinski definition) is 4. The van der Waals surface area contributed by atoms with Crippen molar-refractivity contribution in [1.82, 2.24) is 0 Å². The van der Waals surface area contributed by atoms with Crippen molar-refractivity contribution < 1.29 is 8.83 Å². The molecule has 4 nitrogen and oxygen atoms in total. The van der Waals surface area contributed by atoms with E-state index in [0.29, 0.717) is 0 Å². The summed E-state index contributed by atoms with van der Waals surface area (Å²) in [6.07, 6.45) is 2.30. The van der Waals surface area contributed by atoms with Gasteiger partial charge in [0.2, 0.25) is 5.88 Å². The lowest BCUT2D eigenvalue weighted by Crippen LogP contribution is -2.63. The Kier molecular flexibility index (Phi) is 7.28. The van der Waals surface area contributed by atoms with E-state index in [1.54, 1.807) is 0 Å². The lowest BCUT2D eigenvalue weighted by Gasteiger charge is -2.52. The van der Waals surface area contributed by atoms with Gasteiger partial charge in [-0.2, -0.15) is 0 Å². The van der Waals surface area contributed by atoms with Crippen molar-refractivity contribution in [2.45, 2.75) is 63.7 Å². The van der Waals surface area contributed by atoms with Gasteiger partial charge in [-0.25, -0.2) is 0 Å². The second kappa shape index (κ2) is 12.7. The third-order valence-electron chi connectivity index (χ3n) is 15.9. The van der Waals surface area contributed by atoms with Gasteiger partial charge in [0.1, 0.15) is 16.7 Å². The van der Waals surface area contributed by atoms with Crippen molar-refractivity contribution in [3.05, 3.63) is 209 Å². The summed E-state index contributed by atoms with van der Waals surface area (Å²) in [5.41, 5.74) is 20.8. The van der Waals surface area contributed by atoms with Gasteiger partial charge < -0.3 is 13.6 Å². The van der Waals surface area contributed by atoms with Gasteiger partial charge in [0.25, 0.3) is 0 Å². The molecule has 14 rings (SSSR count). The minimum atomic E-state index is -0.615. The highest BCUT2D eigenvalue weighted by atomic mass is 16.4. The molecule has 0 atom stereocenters. The van der Waals surface area contributed by atoms with Gasteiger partial charge >= 0.3 is 6.85 Å². The van der Waals surface area contributed by atoms with E-state index in [2.05, 4.69) is 214 Å². The van der Waals surface area contributed by atoms with Crippen LogP contribution in [-0.4, -0.2) is 6.85 Å². The van der Waals surface area contributed by atoms with Crippen LogP contribution in [0, 0.1) is 6.92 Å². The van der Waals surface area contributed by atoms with E-state index in [1.807, 2.05) is 0 Å². The number of hydrogen-bond donors (Lipinski definition) is 0. The molecule has 0 amide bonds. The summed E-state index contributed by atoms with van der Waals surface area (Å²) in [5.74, 6) is 0.863. The summed E-state index contributed by atoms with van der Waals surface area (Å²) >= 11 is 0. The molecule has 8 aromatic carbocycles. The molecule has 65 heavy (non-hydrogen) atoms. The first-order valence-corrected chi connectivity index (χ1v) is 23.3. The number of nitrogens with zero attached hydrogens (tertiary/aromatic N) is 2. The Hall–Kier alpha value is -7.24. The van der Waals surface area contributed by atoms with Gasteiger partial charge in [0.15, 0.2) is 0 Å². The van der Waals surface area contributed by atoms with Crippen molar-refractivity contribution in [1.29, 1.82) is 0 Å². The highest BCUT2D eigenvalue weighted by molar-refractivity contribution is 6.95. The number of rotatable bonds is 3. The molecule has 5 heteroatoms. The Morgan fingerprint density at radius 1 is 0.492 bits per heavy atom. The standard InChI is InChI=1S/C60H47BN2O2/c1-36-33-44-45(59(4,5)32-31-58(44,2)3)34-47(36)62-48-35-51-52(39-23-12-16-29-49(39)64-51)53-41-25-18-27-43-56(41)63(61(55(48)53)54-40-24-13-17-30-50(40)65-57(54)62)46-28-15-14-26-42(46)60(43,37-19-8-6-9-20-37)38-21-10-7-11-22-38/h6-30,33-35H,31-32H2,1-5H3. The minimum absolute atomic E-state index is 0.0152. The summed E-state index contributed by atoms with van der Waals surface area (Å²) in [6, 6.07) is 63.2. The molecule has 0 N–H and O–H groups in total. The van der Waals surface area contributed by atoms with Crippen LogP contribution in [0.5, 0.6) is 0 Å². The Balaban J connectivity index is 1.18. The molecule has 0 saturated carbocycles. The van der Waals surface area contributed by atoms with E-state index in [4.69, 9.17) is 8.83 Å². The molecule has 312 valence electrons. The van der Waals surface area contributed by atoms with Gasteiger partial charge in [0, 0.05) is 44.6 Å². The first-order valence-electron chi connectivity index (χ1n) is 23.3. The van der Waals surface area contributed by atoms with Gasteiger partial charge in [0.05, 0.1) is 16.8 Å². The fourth-order valence-electron chi connectivity index (χ4n) is 12.8. The molecular weight excluding hydrogens is 791 g/mol. The third-order valence-corrected chi connectivity index (χ3v) is 15.9. The minimum Gasteiger partial charge on any atom is -0.456 e. The second-order valence-corrected chi connectivity index (χ2v) is 20.2. The number of fused-ring (bicyclic) bond motifs is 13. The van der Waals surface area contributed by atoms with Crippen LogP contribution < -0.4 is 20.6 Å². The van der Waals surface area contributed by atoms with E-state index in [-0.39, 0.29) is 17.7 Å². The fraction of sp³-hybridized carbons (Fsp3) is 0.167. The predicted molar refractivity (Wildman–Crippen MR) is 269 cm³/mol. The molecule has 1 aliphatic carbocycles. The monoisotopic (exact) mass is 838 g/mol. The van der Waals surface area contributed by atoms with E-state index in [9.17, 15) is 0 Å². The normalized spacial score (nSPS) is 16.8. The highest BCUT2D eigenvalue weighted by Gasteiger charge is 2.55. The van der Waals surface area contributed by atoms with E-state index < -0.39 is 5.41 Å². The van der Waals surface area contributed by atoms with Crippen molar-refractivity contribution in [2.75, 3.05) is 9.71 Å². The van der Waals surface area contributed by atoms with Crippen molar-refractivity contribution in [3.8, 4) is 11.1 Å². The Morgan fingerprint density at radius 3 is 1.82 bits per heavy atom. The number of aryl methyl sites for hydroxylation is 1. The molecule has 10 aromatic rings.